The summed E-state index contributed by atoms with van der Waals surface area (Å²) in [6.07, 6.45) is 3.23. The summed E-state index contributed by atoms with van der Waals surface area (Å²) in [5.74, 6) is 0.157. The molecule has 0 radical (unpaired) electrons. The predicted molar refractivity (Wildman–Crippen MR) is 70.6 cm³/mol. The molecule has 1 aliphatic heterocycles. The van der Waals surface area contributed by atoms with Crippen molar-refractivity contribution in [2.45, 2.75) is 19.8 Å². The fourth-order valence-electron chi connectivity index (χ4n) is 1.97. The van der Waals surface area contributed by atoms with E-state index in [1.807, 2.05) is 30.0 Å². The molecule has 2 rings (SSSR count). The van der Waals surface area contributed by atoms with Gasteiger partial charge in [0, 0.05) is 30.4 Å². The van der Waals surface area contributed by atoms with E-state index in [-0.39, 0.29) is 5.91 Å². The second-order valence-corrected chi connectivity index (χ2v) is 4.15. The monoisotopic (exact) mass is 231 g/mol. The first kappa shape index (κ1) is 11.6. The number of anilines is 2. The topological polar surface area (TPSA) is 58.7 Å². The fourth-order valence-corrected chi connectivity index (χ4v) is 1.97. The van der Waals surface area contributed by atoms with Crippen LogP contribution in [-0.2, 0) is 4.79 Å². The van der Waals surface area contributed by atoms with Crippen LogP contribution in [0.1, 0.15) is 25.3 Å². The van der Waals surface area contributed by atoms with Crippen molar-refractivity contribution >= 4 is 23.5 Å². The fraction of sp³-hybridized carbons (Fsp3) is 0.385. The van der Waals surface area contributed by atoms with Gasteiger partial charge in [0.25, 0.3) is 0 Å². The highest BCUT2D eigenvalue weighted by molar-refractivity contribution is 6.00. The van der Waals surface area contributed by atoms with Crippen molar-refractivity contribution < 1.29 is 4.79 Å². The number of benzene rings is 1. The normalized spacial score (nSPS) is 14.3. The summed E-state index contributed by atoms with van der Waals surface area (Å²) in [7, 11) is 0. The van der Waals surface area contributed by atoms with E-state index in [9.17, 15) is 4.79 Å². The van der Waals surface area contributed by atoms with E-state index >= 15 is 0 Å². The average molecular weight is 231 g/mol. The summed E-state index contributed by atoms with van der Waals surface area (Å²) in [6, 6.07) is 5.58. The lowest BCUT2D eigenvalue weighted by Crippen LogP contribution is -2.32. The zero-order chi connectivity index (χ0) is 12.3. The van der Waals surface area contributed by atoms with Gasteiger partial charge >= 0.3 is 0 Å². The van der Waals surface area contributed by atoms with E-state index in [0.717, 1.165) is 17.7 Å². The molecule has 0 bridgehead atoms. The molecule has 0 spiro atoms. The van der Waals surface area contributed by atoms with Gasteiger partial charge in [-0.25, -0.2) is 0 Å². The van der Waals surface area contributed by atoms with E-state index in [1.54, 1.807) is 6.21 Å². The number of hydrogen-bond acceptors (Lipinski definition) is 3. The van der Waals surface area contributed by atoms with E-state index in [4.69, 9.17) is 5.73 Å². The maximum Gasteiger partial charge on any atom is 0.227 e. The van der Waals surface area contributed by atoms with E-state index in [0.29, 0.717) is 25.2 Å². The molecule has 0 unspecified atom stereocenters. The van der Waals surface area contributed by atoms with Gasteiger partial charge in [-0.2, -0.15) is 0 Å². The molecule has 4 heteroatoms. The minimum atomic E-state index is 0.157. The van der Waals surface area contributed by atoms with Gasteiger partial charge in [0.05, 0.1) is 12.2 Å². The molecule has 0 fully saturated rings. The van der Waals surface area contributed by atoms with Gasteiger partial charge < -0.3 is 10.6 Å². The van der Waals surface area contributed by atoms with Crippen molar-refractivity contribution in [3.8, 4) is 0 Å². The highest BCUT2D eigenvalue weighted by Crippen LogP contribution is 2.24. The third-order valence-corrected chi connectivity index (χ3v) is 2.79. The van der Waals surface area contributed by atoms with Crippen LogP contribution in [0, 0.1) is 0 Å². The molecule has 0 aliphatic carbocycles. The van der Waals surface area contributed by atoms with E-state index in [1.165, 1.54) is 0 Å². The molecular formula is C13H17N3O. The summed E-state index contributed by atoms with van der Waals surface area (Å²) in [5, 5.41) is 0. The minimum Gasteiger partial charge on any atom is -0.399 e. The Hall–Kier alpha value is -1.84. The van der Waals surface area contributed by atoms with Gasteiger partial charge in [-0.05, 0) is 24.6 Å². The second-order valence-electron chi connectivity index (χ2n) is 4.15. The van der Waals surface area contributed by atoms with E-state index < -0.39 is 0 Å². The molecule has 4 nitrogen and oxygen atoms in total. The lowest BCUT2D eigenvalue weighted by molar-refractivity contribution is -0.118. The zero-order valence-corrected chi connectivity index (χ0v) is 10.0. The van der Waals surface area contributed by atoms with Crippen LogP contribution in [0.3, 0.4) is 0 Å². The lowest BCUT2D eigenvalue weighted by atomic mass is 10.1. The van der Waals surface area contributed by atoms with Crippen molar-refractivity contribution in [1.29, 1.82) is 0 Å². The Morgan fingerprint density at radius 1 is 1.53 bits per heavy atom. The standard InChI is InChI=1S/C13H17N3O/c1-2-3-13(17)16-7-6-15-9-10-8-11(14)4-5-12(10)16/h4-5,8-9H,2-3,6-7,14H2,1H3. The molecule has 90 valence electrons. The maximum absolute atomic E-state index is 12.0. The van der Waals surface area contributed by atoms with Crippen molar-refractivity contribution in [3.63, 3.8) is 0 Å². The van der Waals surface area contributed by atoms with Crippen LogP contribution >= 0.6 is 0 Å². The molecule has 0 aromatic heterocycles. The number of carbonyl (C=O) groups excluding carboxylic acids is 1. The molecule has 1 aromatic carbocycles. The number of nitrogen functional groups attached to an aromatic ring is 1. The quantitative estimate of drug-likeness (QED) is 0.789. The number of fused-ring (bicyclic) bond motifs is 1. The summed E-state index contributed by atoms with van der Waals surface area (Å²) < 4.78 is 0. The largest absolute Gasteiger partial charge is 0.399 e. The summed E-state index contributed by atoms with van der Waals surface area (Å²) >= 11 is 0. The number of nitrogens with zero attached hydrogens (tertiary/aromatic N) is 2. The first-order chi connectivity index (χ1) is 8.22. The molecule has 1 heterocycles. The Balaban J connectivity index is 2.37. The van der Waals surface area contributed by atoms with Crippen LogP contribution in [0.15, 0.2) is 23.2 Å². The summed E-state index contributed by atoms with van der Waals surface area (Å²) in [5.41, 5.74) is 8.28. The third-order valence-electron chi connectivity index (χ3n) is 2.79. The number of aliphatic imine (C=N–C) groups is 1. The first-order valence-electron chi connectivity index (χ1n) is 5.92. The molecule has 1 amide bonds. The van der Waals surface area contributed by atoms with Gasteiger partial charge in [0.2, 0.25) is 5.91 Å². The van der Waals surface area contributed by atoms with Crippen LogP contribution < -0.4 is 10.6 Å². The van der Waals surface area contributed by atoms with Gasteiger partial charge in [-0.3, -0.25) is 9.79 Å². The minimum absolute atomic E-state index is 0.157. The van der Waals surface area contributed by atoms with Crippen molar-refractivity contribution in [2.75, 3.05) is 23.7 Å². The van der Waals surface area contributed by atoms with Gasteiger partial charge in [-0.15, -0.1) is 0 Å². The highest BCUT2D eigenvalue weighted by Gasteiger charge is 2.18. The number of hydrogen-bond donors (Lipinski definition) is 1. The third kappa shape index (κ3) is 2.46. The van der Waals surface area contributed by atoms with Crippen LogP contribution in [0.25, 0.3) is 0 Å². The first-order valence-corrected chi connectivity index (χ1v) is 5.92. The Kier molecular flexibility index (Phi) is 3.42. The van der Waals surface area contributed by atoms with Crippen LogP contribution in [0.2, 0.25) is 0 Å². The lowest BCUT2D eigenvalue weighted by Gasteiger charge is -2.22. The van der Waals surface area contributed by atoms with Crippen molar-refractivity contribution in [2.24, 2.45) is 4.99 Å². The molecule has 1 aliphatic rings. The Bertz CT molecular complexity index is 454. The van der Waals surface area contributed by atoms with Crippen LogP contribution in [-0.4, -0.2) is 25.2 Å². The zero-order valence-electron chi connectivity index (χ0n) is 10.0. The summed E-state index contributed by atoms with van der Waals surface area (Å²) in [4.78, 5) is 18.1. The molecule has 0 atom stereocenters. The van der Waals surface area contributed by atoms with Crippen LogP contribution in [0.4, 0.5) is 11.4 Å². The Labute approximate surface area is 101 Å². The number of nitrogens with two attached hydrogens (primary N) is 1. The van der Waals surface area contributed by atoms with Gasteiger partial charge in [0.15, 0.2) is 0 Å². The molecule has 0 saturated heterocycles. The van der Waals surface area contributed by atoms with E-state index in [2.05, 4.69) is 4.99 Å². The molecule has 2 N–H and O–H groups in total. The summed E-state index contributed by atoms with van der Waals surface area (Å²) in [6.45, 7) is 3.30. The number of amides is 1. The average Bonchev–Trinajstić information content (AvgIpc) is 2.51. The number of rotatable bonds is 2. The smallest absolute Gasteiger partial charge is 0.227 e. The molecule has 0 saturated carbocycles. The van der Waals surface area contributed by atoms with Crippen LogP contribution in [0.5, 0.6) is 0 Å². The number of carbonyl (C=O) groups is 1. The SMILES string of the molecule is CCCC(=O)N1CCN=Cc2cc(N)ccc21. The number of benzodiazepines with no additional fused rings is 1. The molecular weight excluding hydrogens is 214 g/mol. The van der Waals surface area contributed by atoms with Crippen molar-refractivity contribution in [1.82, 2.24) is 0 Å². The predicted octanol–water partition coefficient (Wildman–Crippen LogP) is 1.83. The second kappa shape index (κ2) is 4.99. The van der Waals surface area contributed by atoms with Crippen molar-refractivity contribution in [3.05, 3.63) is 23.8 Å². The molecule has 1 aromatic rings. The molecule has 17 heavy (non-hydrogen) atoms. The van der Waals surface area contributed by atoms with Gasteiger partial charge in [0.1, 0.15) is 0 Å². The maximum atomic E-state index is 12.0. The highest BCUT2D eigenvalue weighted by atomic mass is 16.2. The Morgan fingerprint density at radius 3 is 3.12 bits per heavy atom. The van der Waals surface area contributed by atoms with Gasteiger partial charge in [-0.1, -0.05) is 6.92 Å². The Morgan fingerprint density at radius 2 is 2.35 bits per heavy atom.